The Kier molecular flexibility index (Phi) is 10.9. The van der Waals surface area contributed by atoms with Crippen molar-refractivity contribution in [2.24, 2.45) is 5.92 Å². The van der Waals surface area contributed by atoms with E-state index in [4.69, 9.17) is 9.47 Å². The quantitative estimate of drug-likeness (QED) is 0.252. The van der Waals surface area contributed by atoms with Crippen LogP contribution in [0.15, 0.2) is 66.9 Å². The zero-order valence-corrected chi connectivity index (χ0v) is 25.2. The van der Waals surface area contributed by atoms with Crippen LogP contribution in [0.5, 0.6) is 11.5 Å². The Balaban J connectivity index is 1.18. The molecule has 0 aliphatic carbocycles. The van der Waals surface area contributed by atoms with E-state index in [1.807, 2.05) is 51.1 Å². The summed E-state index contributed by atoms with van der Waals surface area (Å²) in [6.45, 7) is 8.41. The van der Waals surface area contributed by atoms with Gasteiger partial charge in [-0.3, -0.25) is 9.78 Å². The predicted octanol–water partition coefficient (Wildman–Crippen LogP) is 7.20. The van der Waals surface area contributed by atoms with E-state index < -0.39 is 17.3 Å². The first-order valence-corrected chi connectivity index (χ1v) is 14.7. The maximum absolute atomic E-state index is 12.9. The van der Waals surface area contributed by atoms with Crippen LogP contribution in [0.4, 0.5) is 23.7 Å². The zero-order chi connectivity index (χ0) is 31.7. The fourth-order valence-corrected chi connectivity index (χ4v) is 4.78. The number of aromatic nitrogens is 1. The summed E-state index contributed by atoms with van der Waals surface area (Å²) < 4.78 is 50.2. The predicted molar refractivity (Wildman–Crippen MR) is 161 cm³/mol. The number of hydrogen-bond acceptors (Lipinski definition) is 6. The molecule has 0 unspecified atom stereocenters. The number of halogens is 3. The van der Waals surface area contributed by atoms with Crippen LogP contribution in [-0.2, 0) is 28.7 Å². The zero-order valence-electron chi connectivity index (χ0n) is 25.2. The molecule has 11 heteroatoms. The molecule has 1 aliphatic heterocycles. The van der Waals surface area contributed by atoms with Gasteiger partial charge in [0.1, 0.15) is 17.1 Å². The first-order valence-electron chi connectivity index (χ1n) is 14.7. The van der Waals surface area contributed by atoms with Crippen LogP contribution >= 0.6 is 0 Å². The van der Waals surface area contributed by atoms with Crippen molar-refractivity contribution in [2.75, 3.05) is 25.0 Å². The van der Waals surface area contributed by atoms with Crippen molar-refractivity contribution in [3.8, 4) is 11.5 Å². The molecule has 0 saturated carbocycles. The fourth-order valence-electron chi connectivity index (χ4n) is 4.78. The number of likely N-dealkylation sites (tertiary alicyclic amines) is 1. The highest BCUT2D eigenvalue weighted by Gasteiger charge is 2.30. The molecule has 1 fully saturated rings. The van der Waals surface area contributed by atoms with Crippen molar-refractivity contribution < 1.29 is 32.2 Å². The lowest BCUT2D eigenvalue weighted by atomic mass is 9.97. The first kappa shape index (κ1) is 32.8. The highest BCUT2D eigenvalue weighted by molar-refractivity contribution is 5.90. The molecule has 4 rings (SSSR count). The molecule has 8 nitrogen and oxygen atoms in total. The summed E-state index contributed by atoms with van der Waals surface area (Å²) in [6, 6.07) is 15.6. The van der Waals surface area contributed by atoms with Crippen LogP contribution in [-0.4, -0.2) is 47.1 Å². The molecule has 2 amide bonds. The monoisotopic (exact) mass is 612 g/mol. The van der Waals surface area contributed by atoms with Crippen LogP contribution in [0, 0.1) is 5.92 Å². The Hall–Kier alpha value is -4.12. The minimum atomic E-state index is -4.47. The third-order valence-corrected chi connectivity index (χ3v) is 7.07. The number of piperidine rings is 1. The van der Waals surface area contributed by atoms with Gasteiger partial charge in [-0.15, -0.1) is 0 Å². The van der Waals surface area contributed by atoms with E-state index in [0.29, 0.717) is 43.5 Å². The SMILES string of the molecule is CC(C)(C)OC(=O)N1CCC(CNCc2cc(Oc3ccc(CCC(=O)Nc4cccc(C(F)(F)F)c4)cc3)ccn2)CC1. The second-order valence-corrected chi connectivity index (χ2v) is 11.9. The van der Waals surface area contributed by atoms with E-state index in [0.717, 1.165) is 42.8 Å². The average Bonchev–Trinajstić information content (AvgIpc) is 2.96. The number of amides is 2. The molecule has 2 heterocycles. The van der Waals surface area contributed by atoms with Crippen LogP contribution in [0.2, 0.25) is 0 Å². The molecular formula is C33H39F3N4O4. The Labute approximate surface area is 256 Å². The number of anilines is 1. The third-order valence-electron chi connectivity index (χ3n) is 7.07. The van der Waals surface area contributed by atoms with Gasteiger partial charge in [0.05, 0.1) is 11.3 Å². The molecular weight excluding hydrogens is 573 g/mol. The Morgan fingerprint density at radius 3 is 2.39 bits per heavy atom. The number of carbonyl (C=O) groups excluding carboxylic acids is 2. The van der Waals surface area contributed by atoms with Gasteiger partial charge in [0.15, 0.2) is 0 Å². The lowest BCUT2D eigenvalue weighted by Gasteiger charge is -2.33. The summed E-state index contributed by atoms with van der Waals surface area (Å²) >= 11 is 0. The molecule has 0 atom stereocenters. The molecule has 0 bridgehead atoms. The fraction of sp³-hybridized carbons (Fsp3) is 0.424. The molecule has 0 radical (unpaired) electrons. The largest absolute Gasteiger partial charge is 0.457 e. The summed E-state index contributed by atoms with van der Waals surface area (Å²) in [5.41, 5.74) is 0.552. The minimum Gasteiger partial charge on any atom is -0.457 e. The van der Waals surface area contributed by atoms with Crippen LogP contribution < -0.4 is 15.4 Å². The molecule has 2 N–H and O–H groups in total. The van der Waals surface area contributed by atoms with Gasteiger partial charge in [0.2, 0.25) is 5.91 Å². The molecule has 1 aromatic heterocycles. The summed E-state index contributed by atoms with van der Waals surface area (Å²) in [6.07, 6.45) is -0.637. The van der Waals surface area contributed by atoms with Gasteiger partial charge < -0.3 is 25.0 Å². The highest BCUT2D eigenvalue weighted by atomic mass is 19.4. The van der Waals surface area contributed by atoms with Gasteiger partial charge >= 0.3 is 12.3 Å². The second kappa shape index (κ2) is 14.6. The number of carbonyl (C=O) groups is 2. The molecule has 1 saturated heterocycles. The van der Waals surface area contributed by atoms with Crippen LogP contribution in [0.1, 0.15) is 56.9 Å². The maximum atomic E-state index is 12.9. The van der Waals surface area contributed by atoms with Crippen molar-refractivity contribution in [3.63, 3.8) is 0 Å². The smallest absolute Gasteiger partial charge is 0.416 e. The van der Waals surface area contributed by atoms with E-state index >= 15 is 0 Å². The number of nitrogens with one attached hydrogen (secondary N) is 2. The topological polar surface area (TPSA) is 92.8 Å². The summed E-state index contributed by atoms with van der Waals surface area (Å²) in [5, 5.41) is 5.99. The summed E-state index contributed by atoms with van der Waals surface area (Å²) in [7, 11) is 0. The molecule has 44 heavy (non-hydrogen) atoms. The van der Waals surface area contributed by atoms with Gasteiger partial charge in [-0.1, -0.05) is 18.2 Å². The van der Waals surface area contributed by atoms with Crippen molar-refractivity contribution in [1.82, 2.24) is 15.2 Å². The Morgan fingerprint density at radius 2 is 1.70 bits per heavy atom. The van der Waals surface area contributed by atoms with Crippen molar-refractivity contribution >= 4 is 17.7 Å². The van der Waals surface area contributed by atoms with Crippen LogP contribution in [0.25, 0.3) is 0 Å². The van der Waals surface area contributed by atoms with E-state index in [1.165, 1.54) is 12.1 Å². The normalized spacial score (nSPS) is 14.3. The van der Waals surface area contributed by atoms with Gasteiger partial charge in [0, 0.05) is 44.0 Å². The summed E-state index contributed by atoms with van der Waals surface area (Å²) in [5.74, 6) is 1.38. The van der Waals surface area contributed by atoms with Gasteiger partial charge in [0.25, 0.3) is 0 Å². The number of pyridine rings is 1. The lowest BCUT2D eigenvalue weighted by Crippen LogP contribution is -2.43. The minimum absolute atomic E-state index is 0.112. The van der Waals surface area contributed by atoms with Crippen molar-refractivity contribution in [1.29, 1.82) is 0 Å². The highest BCUT2D eigenvalue weighted by Crippen LogP contribution is 2.31. The Bertz CT molecular complexity index is 1400. The summed E-state index contributed by atoms with van der Waals surface area (Å²) in [4.78, 5) is 30.8. The van der Waals surface area contributed by atoms with E-state index in [1.54, 1.807) is 17.2 Å². The molecule has 0 spiro atoms. The number of benzene rings is 2. The first-order chi connectivity index (χ1) is 20.8. The molecule has 236 valence electrons. The number of rotatable bonds is 10. The number of nitrogens with zero attached hydrogens (tertiary/aromatic N) is 2. The molecule has 3 aromatic rings. The number of aryl methyl sites for hydroxylation is 1. The van der Waals surface area contributed by atoms with E-state index in [9.17, 15) is 22.8 Å². The lowest BCUT2D eigenvalue weighted by molar-refractivity contribution is -0.137. The average molecular weight is 613 g/mol. The van der Waals surface area contributed by atoms with E-state index in [2.05, 4.69) is 15.6 Å². The molecule has 1 aliphatic rings. The second-order valence-electron chi connectivity index (χ2n) is 11.9. The third kappa shape index (κ3) is 10.6. The van der Waals surface area contributed by atoms with Crippen molar-refractivity contribution in [3.05, 3.63) is 83.7 Å². The van der Waals surface area contributed by atoms with Gasteiger partial charge in [-0.2, -0.15) is 13.2 Å². The molecule has 2 aromatic carbocycles. The Morgan fingerprint density at radius 1 is 0.977 bits per heavy atom. The van der Waals surface area contributed by atoms with Gasteiger partial charge in [-0.25, -0.2) is 4.79 Å². The number of ether oxygens (including phenoxy) is 2. The van der Waals surface area contributed by atoms with Crippen LogP contribution in [0.3, 0.4) is 0 Å². The van der Waals surface area contributed by atoms with Gasteiger partial charge in [-0.05, 0) is 94.5 Å². The van der Waals surface area contributed by atoms with Crippen molar-refractivity contribution in [2.45, 2.75) is 64.8 Å². The number of hydrogen-bond donors (Lipinski definition) is 2. The van der Waals surface area contributed by atoms with E-state index in [-0.39, 0.29) is 24.1 Å². The standard InChI is InChI=1S/C33H39F3N4O4/c1-32(2,3)44-31(42)40-17-14-24(15-18-40)21-37-22-27-20-29(13-16-38-27)43-28-10-7-23(8-11-28)9-12-30(41)39-26-6-4-5-25(19-26)33(34,35)36/h4-8,10-11,13,16,19-20,24,37H,9,12,14-15,17-18,21-22H2,1-3H3,(H,39,41). The number of alkyl halides is 3. The maximum Gasteiger partial charge on any atom is 0.416 e.